The number of nitrogens with two attached hydrogens (primary N) is 1. The van der Waals surface area contributed by atoms with Crippen molar-refractivity contribution in [1.29, 1.82) is 0 Å². The van der Waals surface area contributed by atoms with Crippen molar-refractivity contribution >= 4 is 37.5 Å². The van der Waals surface area contributed by atoms with Crippen LogP contribution in [0.5, 0.6) is 0 Å². The van der Waals surface area contributed by atoms with Gasteiger partial charge < -0.3 is 5.43 Å². The molecule has 2 rings (SSSR count). The van der Waals surface area contributed by atoms with Crippen LogP contribution in [0.25, 0.3) is 0 Å². The maximum Gasteiger partial charge on any atom is 0.263 e. The Morgan fingerprint density at radius 3 is 2.60 bits per heavy atom. The number of hydrogen-bond acceptors (Lipinski definition) is 5. The second-order valence-electron chi connectivity index (χ2n) is 4.04. The quantitative estimate of drug-likeness (QED) is 0.576. The third-order valence-electron chi connectivity index (χ3n) is 2.71. The highest BCUT2D eigenvalue weighted by atomic mass is 79.9. The molecule has 0 aliphatic carbocycles. The van der Waals surface area contributed by atoms with E-state index in [4.69, 9.17) is 5.84 Å². The Bertz CT molecular complexity index is 717. The van der Waals surface area contributed by atoms with E-state index in [1.165, 1.54) is 18.3 Å². The van der Waals surface area contributed by atoms with E-state index in [-0.39, 0.29) is 4.90 Å². The van der Waals surface area contributed by atoms with Gasteiger partial charge in [-0.15, -0.1) is 0 Å². The molecule has 0 aliphatic rings. The van der Waals surface area contributed by atoms with E-state index >= 15 is 0 Å². The first kappa shape index (κ1) is 14.8. The Balaban J connectivity index is 2.33. The predicted molar refractivity (Wildman–Crippen MR) is 81.7 cm³/mol. The van der Waals surface area contributed by atoms with Crippen LogP contribution >= 0.6 is 15.9 Å². The smallest absolute Gasteiger partial charge is 0.263 e. The van der Waals surface area contributed by atoms with Gasteiger partial charge in [0.2, 0.25) is 0 Å². The van der Waals surface area contributed by atoms with Crippen molar-refractivity contribution in [1.82, 2.24) is 4.98 Å². The Hall–Kier alpha value is -1.64. The largest absolute Gasteiger partial charge is 0.308 e. The number of rotatable bonds is 4. The van der Waals surface area contributed by atoms with E-state index in [1.54, 1.807) is 12.1 Å². The summed E-state index contributed by atoms with van der Waals surface area (Å²) in [7, 11) is -3.68. The first-order valence-corrected chi connectivity index (χ1v) is 7.92. The van der Waals surface area contributed by atoms with E-state index in [0.717, 1.165) is 10.0 Å². The summed E-state index contributed by atoms with van der Waals surface area (Å²) in [6.45, 7) is 1.82. The minimum absolute atomic E-state index is 0.0656. The number of hydrogen-bond donors (Lipinski definition) is 3. The number of nitrogens with one attached hydrogen (secondary N) is 2. The van der Waals surface area contributed by atoms with Crippen LogP contribution in [0.1, 0.15) is 5.56 Å². The third kappa shape index (κ3) is 3.09. The lowest BCUT2D eigenvalue weighted by molar-refractivity contribution is 0.601. The van der Waals surface area contributed by atoms with Gasteiger partial charge in [-0.25, -0.2) is 19.2 Å². The molecule has 1 aromatic heterocycles. The number of aromatic nitrogens is 1. The zero-order chi connectivity index (χ0) is 14.8. The fraction of sp³-hybridized carbons (Fsp3) is 0.0833. The van der Waals surface area contributed by atoms with E-state index in [2.05, 4.69) is 31.1 Å². The molecule has 1 aromatic carbocycles. The van der Waals surface area contributed by atoms with Crippen molar-refractivity contribution in [3.05, 3.63) is 46.6 Å². The van der Waals surface area contributed by atoms with E-state index in [1.807, 2.05) is 13.0 Å². The summed E-state index contributed by atoms with van der Waals surface area (Å²) in [5.41, 5.74) is 3.66. The van der Waals surface area contributed by atoms with Crippen molar-refractivity contribution in [2.75, 3.05) is 10.1 Å². The van der Waals surface area contributed by atoms with Crippen LogP contribution in [0.15, 0.2) is 45.9 Å². The topological polar surface area (TPSA) is 97.1 Å². The third-order valence-corrected chi connectivity index (χ3v) is 4.92. The highest BCUT2D eigenvalue weighted by Gasteiger charge is 2.16. The van der Waals surface area contributed by atoms with Crippen molar-refractivity contribution in [2.24, 2.45) is 5.84 Å². The molecule has 0 bridgehead atoms. The van der Waals surface area contributed by atoms with Gasteiger partial charge in [-0.1, -0.05) is 22.0 Å². The van der Waals surface area contributed by atoms with Crippen LogP contribution in [0, 0.1) is 6.92 Å². The SMILES string of the molecule is Cc1c(Br)cccc1NS(=O)(=O)c1ccc(NN)nc1. The minimum atomic E-state index is -3.68. The number of hydrazine groups is 1. The van der Waals surface area contributed by atoms with E-state index in [9.17, 15) is 8.42 Å². The first-order chi connectivity index (χ1) is 9.44. The van der Waals surface area contributed by atoms with Gasteiger partial charge in [-0.3, -0.25) is 4.72 Å². The molecule has 0 unspecified atom stereocenters. The van der Waals surface area contributed by atoms with Crippen LogP contribution in [-0.2, 0) is 10.0 Å². The standard InChI is InChI=1S/C12H13BrN4O2S/c1-8-10(13)3-2-4-11(8)17-20(18,19)9-5-6-12(16-14)15-7-9/h2-7,17H,14H2,1H3,(H,15,16). The summed E-state index contributed by atoms with van der Waals surface area (Å²) in [5.74, 6) is 5.58. The van der Waals surface area contributed by atoms with Gasteiger partial charge in [0.15, 0.2) is 0 Å². The molecular weight excluding hydrogens is 344 g/mol. The van der Waals surface area contributed by atoms with Crippen LogP contribution in [0.2, 0.25) is 0 Å². The van der Waals surface area contributed by atoms with Crippen LogP contribution < -0.4 is 16.0 Å². The molecule has 0 amide bonds. The maximum absolute atomic E-state index is 12.2. The molecule has 4 N–H and O–H groups in total. The Labute approximate surface area is 125 Å². The maximum atomic E-state index is 12.2. The molecule has 2 aromatic rings. The molecule has 0 fully saturated rings. The van der Waals surface area contributed by atoms with Crippen LogP contribution in [-0.4, -0.2) is 13.4 Å². The number of nitrogen functional groups attached to an aromatic ring is 1. The Morgan fingerprint density at radius 2 is 2.00 bits per heavy atom. The zero-order valence-electron chi connectivity index (χ0n) is 10.6. The molecule has 0 atom stereocenters. The van der Waals surface area contributed by atoms with E-state index in [0.29, 0.717) is 11.5 Å². The predicted octanol–water partition coefficient (Wildman–Crippen LogP) is 2.24. The van der Waals surface area contributed by atoms with Gasteiger partial charge in [0, 0.05) is 10.7 Å². The van der Waals surface area contributed by atoms with Gasteiger partial charge in [0.25, 0.3) is 10.0 Å². The normalized spacial score (nSPS) is 11.2. The molecule has 106 valence electrons. The fourth-order valence-corrected chi connectivity index (χ4v) is 2.98. The number of anilines is 2. The molecule has 0 saturated heterocycles. The number of pyridine rings is 1. The second-order valence-corrected chi connectivity index (χ2v) is 6.58. The lowest BCUT2D eigenvalue weighted by Gasteiger charge is -2.11. The summed E-state index contributed by atoms with van der Waals surface area (Å²) in [6.07, 6.45) is 1.24. The first-order valence-electron chi connectivity index (χ1n) is 5.64. The molecule has 8 heteroatoms. The molecule has 0 aliphatic heterocycles. The van der Waals surface area contributed by atoms with Gasteiger partial charge >= 0.3 is 0 Å². The lowest BCUT2D eigenvalue weighted by Crippen LogP contribution is -2.15. The number of sulfonamides is 1. The van der Waals surface area contributed by atoms with Crippen molar-refractivity contribution in [2.45, 2.75) is 11.8 Å². The van der Waals surface area contributed by atoms with Crippen LogP contribution in [0.3, 0.4) is 0 Å². The summed E-state index contributed by atoms with van der Waals surface area (Å²) in [6, 6.07) is 8.21. The molecule has 0 radical (unpaired) electrons. The number of nitrogens with zero attached hydrogens (tertiary/aromatic N) is 1. The van der Waals surface area contributed by atoms with Gasteiger partial charge in [0.1, 0.15) is 10.7 Å². The summed E-state index contributed by atoms with van der Waals surface area (Å²) < 4.78 is 27.9. The number of benzene rings is 1. The minimum Gasteiger partial charge on any atom is -0.308 e. The average Bonchev–Trinajstić information content (AvgIpc) is 2.44. The molecular formula is C12H13BrN4O2S. The second kappa shape index (κ2) is 5.78. The molecule has 0 spiro atoms. The molecule has 20 heavy (non-hydrogen) atoms. The summed E-state index contributed by atoms with van der Waals surface area (Å²) in [5, 5.41) is 0. The molecule has 6 nitrogen and oxygen atoms in total. The van der Waals surface area contributed by atoms with Gasteiger partial charge in [0.05, 0.1) is 5.69 Å². The zero-order valence-corrected chi connectivity index (χ0v) is 13.0. The highest BCUT2D eigenvalue weighted by Crippen LogP contribution is 2.25. The molecule has 1 heterocycles. The highest BCUT2D eigenvalue weighted by molar-refractivity contribution is 9.10. The summed E-state index contributed by atoms with van der Waals surface area (Å²) in [4.78, 5) is 3.95. The number of halogens is 1. The summed E-state index contributed by atoms with van der Waals surface area (Å²) >= 11 is 3.36. The fourth-order valence-electron chi connectivity index (χ4n) is 1.55. The lowest BCUT2D eigenvalue weighted by atomic mass is 10.2. The Kier molecular flexibility index (Phi) is 4.26. The molecule has 0 saturated carbocycles. The average molecular weight is 357 g/mol. The van der Waals surface area contributed by atoms with Gasteiger partial charge in [-0.05, 0) is 36.8 Å². The van der Waals surface area contributed by atoms with Crippen molar-refractivity contribution in [3.8, 4) is 0 Å². The Morgan fingerprint density at radius 1 is 1.25 bits per heavy atom. The monoisotopic (exact) mass is 356 g/mol. The van der Waals surface area contributed by atoms with Crippen molar-refractivity contribution in [3.63, 3.8) is 0 Å². The van der Waals surface area contributed by atoms with Crippen LogP contribution in [0.4, 0.5) is 11.5 Å². The van der Waals surface area contributed by atoms with Gasteiger partial charge in [-0.2, -0.15) is 0 Å². The van der Waals surface area contributed by atoms with Crippen molar-refractivity contribution < 1.29 is 8.42 Å². The van der Waals surface area contributed by atoms with E-state index < -0.39 is 10.0 Å².